The molecule has 0 aliphatic carbocycles. The van der Waals surface area contributed by atoms with Crippen LogP contribution in [0, 0.1) is 25.5 Å². The lowest BCUT2D eigenvalue weighted by molar-refractivity contribution is 0.102. The minimum atomic E-state index is -0.902. The van der Waals surface area contributed by atoms with Gasteiger partial charge in [0.15, 0.2) is 5.82 Å². The van der Waals surface area contributed by atoms with E-state index in [1.807, 2.05) is 13.0 Å². The number of carbonyl (C=O) groups excluding carboxylic acids is 1. The number of rotatable bonds is 2. The van der Waals surface area contributed by atoms with Gasteiger partial charge >= 0.3 is 0 Å². The Labute approximate surface area is 115 Å². The third kappa shape index (κ3) is 2.61. The Morgan fingerprint density at radius 2 is 1.90 bits per heavy atom. The molecule has 2 aromatic carbocycles. The zero-order valence-electron chi connectivity index (χ0n) is 11.1. The van der Waals surface area contributed by atoms with Gasteiger partial charge in [0.1, 0.15) is 11.5 Å². The highest BCUT2D eigenvalue weighted by atomic mass is 19.1. The highest BCUT2D eigenvalue weighted by Crippen LogP contribution is 2.25. The van der Waals surface area contributed by atoms with Gasteiger partial charge in [0, 0.05) is 11.6 Å². The topological polar surface area (TPSA) is 55.1 Å². The Balaban J connectivity index is 2.36. The van der Waals surface area contributed by atoms with Gasteiger partial charge in [-0.3, -0.25) is 4.79 Å². The fourth-order valence-electron chi connectivity index (χ4n) is 1.90. The van der Waals surface area contributed by atoms with Crippen molar-refractivity contribution >= 4 is 17.3 Å². The molecule has 0 heterocycles. The summed E-state index contributed by atoms with van der Waals surface area (Å²) in [6.45, 7) is 3.67. The highest BCUT2D eigenvalue weighted by Gasteiger charge is 2.15. The second kappa shape index (κ2) is 5.28. The Morgan fingerprint density at radius 1 is 1.20 bits per heavy atom. The molecule has 0 saturated heterocycles. The monoisotopic (exact) mass is 276 g/mol. The molecule has 0 unspecified atom stereocenters. The zero-order valence-corrected chi connectivity index (χ0v) is 11.1. The third-order valence-corrected chi connectivity index (χ3v) is 3.17. The number of halogens is 2. The maximum absolute atomic E-state index is 13.6. The lowest BCUT2D eigenvalue weighted by Crippen LogP contribution is -2.16. The summed E-state index contributed by atoms with van der Waals surface area (Å²) in [4.78, 5) is 12.1. The molecule has 0 fully saturated rings. The van der Waals surface area contributed by atoms with E-state index >= 15 is 0 Å². The van der Waals surface area contributed by atoms with Crippen LogP contribution in [0.15, 0.2) is 30.3 Å². The van der Waals surface area contributed by atoms with Crippen LogP contribution < -0.4 is 11.1 Å². The molecule has 0 bridgehead atoms. The van der Waals surface area contributed by atoms with E-state index in [0.717, 1.165) is 17.2 Å². The Kier molecular flexibility index (Phi) is 3.70. The van der Waals surface area contributed by atoms with E-state index in [9.17, 15) is 13.6 Å². The molecular weight excluding hydrogens is 262 g/mol. The standard InChI is InChI=1S/C15H14F2N2O/c1-8-4-3-5-11(9(8)2)15(20)19-14-12(17)6-10(16)7-13(14)18/h3-7H,18H2,1-2H3,(H,19,20). The number of hydrogen-bond acceptors (Lipinski definition) is 2. The van der Waals surface area contributed by atoms with Crippen LogP contribution in [-0.4, -0.2) is 5.91 Å². The molecule has 0 radical (unpaired) electrons. The van der Waals surface area contributed by atoms with E-state index in [-0.39, 0.29) is 11.4 Å². The SMILES string of the molecule is Cc1cccc(C(=O)Nc2c(N)cc(F)cc2F)c1C. The first kappa shape index (κ1) is 14.0. The lowest BCUT2D eigenvalue weighted by atomic mass is 10.0. The van der Waals surface area contributed by atoms with Crippen molar-refractivity contribution in [2.75, 3.05) is 11.1 Å². The molecule has 0 spiro atoms. The number of nitrogens with one attached hydrogen (secondary N) is 1. The molecule has 1 amide bonds. The van der Waals surface area contributed by atoms with E-state index < -0.39 is 17.5 Å². The van der Waals surface area contributed by atoms with Gasteiger partial charge in [0.05, 0.1) is 5.69 Å². The van der Waals surface area contributed by atoms with Crippen molar-refractivity contribution in [2.45, 2.75) is 13.8 Å². The number of amides is 1. The molecule has 0 aliphatic heterocycles. The fourth-order valence-corrected chi connectivity index (χ4v) is 1.90. The maximum atomic E-state index is 13.6. The van der Waals surface area contributed by atoms with E-state index in [1.54, 1.807) is 19.1 Å². The summed E-state index contributed by atoms with van der Waals surface area (Å²) in [7, 11) is 0. The molecule has 3 nitrogen and oxygen atoms in total. The number of anilines is 2. The predicted octanol–water partition coefficient (Wildman–Crippen LogP) is 3.42. The van der Waals surface area contributed by atoms with E-state index in [1.165, 1.54) is 0 Å². The zero-order chi connectivity index (χ0) is 14.9. The van der Waals surface area contributed by atoms with Gasteiger partial charge in [-0.25, -0.2) is 8.78 Å². The molecule has 0 atom stereocenters. The van der Waals surface area contributed by atoms with Crippen molar-refractivity contribution in [3.05, 3.63) is 58.7 Å². The largest absolute Gasteiger partial charge is 0.397 e. The number of carbonyl (C=O) groups is 1. The third-order valence-electron chi connectivity index (χ3n) is 3.17. The number of aryl methyl sites for hydroxylation is 1. The first-order valence-corrected chi connectivity index (χ1v) is 6.02. The van der Waals surface area contributed by atoms with Gasteiger partial charge in [-0.15, -0.1) is 0 Å². The summed E-state index contributed by atoms with van der Waals surface area (Å²) in [6.07, 6.45) is 0. The number of hydrogen-bond donors (Lipinski definition) is 2. The second-order valence-electron chi connectivity index (χ2n) is 4.55. The fraction of sp³-hybridized carbons (Fsp3) is 0.133. The minimum absolute atomic E-state index is 0.152. The first-order valence-electron chi connectivity index (χ1n) is 6.02. The molecular formula is C15H14F2N2O. The van der Waals surface area contributed by atoms with Crippen molar-refractivity contribution in [3.8, 4) is 0 Å². The quantitative estimate of drug-likeness (QED) is 0.826. The lowest BCUT2D eigenvalue weighted by Gasteiger charge is -2.12. The van der Waals surface area contributed by atoms with Crippen molar-refractivity contribution in [2.24, 2.45) is 0 Å². The van der Waals surface area contributed by atoms with Gasteiger partial charge in [0.25, 0.3) is 5.91 Å². The van der Waals surface area contributed by atoms with Crippen molar-refractivity contribution < 1.29 is 13.6 Å². The maximum Gasteiger partial charge on any atom is 0.256 e. The highest BCUT2D eigenvalue weighted by molar-refractivity contribution is 6.06. The van der Waals surface area contributed by atoms with Crippen molar-refractivity contribution in [3.63, 3.8) is 0 Å². The number of nitrogens with two attached hydrogens (primary N) is 1. The van der Waals surface area contributed by atoms with E-state index in [2.05, 4.69) is 5.32 Å². The molecule has 5 heteroatoms. The molecule has 20 heavy (non-hydrogen) atoms. The Bertz CT molecular complexity index is 661. The molecule has 2 aromatic rings. The van der Waals surface area contributed by atoms with Crippen molar-refractivity contribution in [1.29, 1.82) is 0 Å². The van der Waals surface area contributed by atoms with Crippen LogP contribution in [0.2, 0.25) is 0 Å². The molecule has 3 N–H and O–H groups in total. The van der Waals surface area contributed by atoms with Gasteiger partial charge in [-0.1, -0.05) is 12.1 Å². The molecule has 2 rings (SSSR count). The van der Waals surface area contributed by atoms with Crippen LogP contribution in [0.3, 0.4) is 0 Å². The van der Waals surface area contributed by atoms with Crippen LogP contribution in [0.5, 0.6) is 0 Å². The summed E-state index contributed by atoms with van der Waals surface area (Å²) in [5.74, 6) is -2.17. The van der Waals surface area contributed by atoms with Gasteiger partial charge < -0.3 is 11.1 Å². The normalized spacial score (nSPS) is 10.4. The summed E-state index contributed by atoms with van der Waals surface area (Å²) >= 11 is 0. The Hall–Kier alpha value is -2.43. The van der Waals surface area contributed by atoms with Crippen molar-refractivity contribution in [1.82, 2.24) is 0 Å². The Morgan fingerprint density at radius 3 is 2.55 bits per heavy atom. The smallest absolute Gasteiger partial charge is 0.256 e. The average molecular weight is 276 g/mol. The number of nitrogen functional groups attached to an aromatic ring is 1. The predicted molar refractivity (Wildman–Crippen MR) is 74.6 cm³/mol. The van der Waals surface area contributed by atoms with Gasteiger partial charge in [-0.05, 0) is 37.1 Å². The minimum Gasteiger partial charge on any atom is -0.397 e. The van der Waals surface area contributed by atoms with E-state index in [0.29, 0.717) is 11.6 Å². The average Bonchev–Trinajstić information content (AvgIpc) is 2.36. The van der Waals surface area contributed by atoms with Crippen LogP contribution in [0.25, 0.3) is 0 Å². The molecule has 0 aliphatic rings. The molecule has 104 valence electrons. The van der Waals surface area contributed by atoms with E-state index in [4.69, 9.17) is 5.73 Å². The van der Waals surface area contributed by atoms with Crippen LogP contribution in [0.1, 0.15) is 21.5 Å². The van der Waals surface area contributed by atoms with Gasteiger partial charge in [-0.2, -0.15) is 0 Å². The first-order chi connectivity index (χ1) is 9.40. The number of benzene rings is 2. The summed E-state index contributed by atoms with van der Waals surface area (Å²) in [5, 5.41) is 2.38. The summed E-state index contributed by atoms with van der Waals surface area (Å²) in [5.41, 5.74) is 7.33. The van der Waals surface area contributed by atoms with Crippen LogP contribution in [0.4, 0.5) is 20.2 Å². The van der Waals surface area contributed by atoms with Crippen LogP contribution >= 0.6 is 0 Å². The van der Waals surface area contributed by atoms with Gasteiger partial charge in [0.2, 0.25) is 0 Å². The van der Waals surface area contributed by atoms with Crippen LogP contribution in [-0.2, 0) is 0 Å². The summed E-state index contributed by atoms with van der Waals surface area (Å²) in [6, 6.07) is 6.88. The summed E-state index contributed by atoms with van der Waals surface area (Å²) < 4.78 is 26.6. The second-order valence-corrected chi connectivity index (χ2v) is 4.55. The molecule has 0 aromatic heterocycles. The molecule has 0 saturated carbocycles.